The third-order valence-electron chi connectivity index (χ3n) is 3.79. The largest absolute Gasteiger partial charge is 0.505 e. The van der Waals surface area contributed by atoms with Crippen LogP contribution in [0.3, 0.4) is 0 Å². The SMILES string of the molecule is CC(C)N(CC1CCNCC1)C(=O)c1ncccc1O. The number of pyridine rings is 1. The van der Waals surface area contributed by atoms with E-state index in [1.165, 1.54) is 12.3 Å². The fraction of sp³-hybridized carbons (Fsp3) is 0.600. The van der Waals surface area contributed by atoms with Gasteiger partial charge in [0.15, 0.2) is 5.69 Å². The van der Waals surface area contributed by atoms with Crippen molar-refractivity contribution >= 4 is 5.91 Å². The van der Waals surface area contributed by atoms with E-state index in [-0.39, 0.29) is 23.4 Å². The van der Waals surface area contributed by atoms with E-state index in [1.54, 1.807) is 6.07 Å². The third kappa shape index (κ3) is 3.48. The summed E-state index contributed by atoms with van der Waals surface area (Å²) in [5.74, 6) is 0.290. The minimum absolute atomic E-state index is 0.0477. The lowest BCUT2D eigenvalue weighted by atomic mass is 9.97. The molecule has 1 aliphatic heterocycles. The summed E-state index contributed by atoms with van der Waals surface area (Å²) in [5, 5.41) is 13.1. The molecular weight excluding hydrogens is 254 g/mol. The molecule has 0 spiro atoms. The number of amides is 1. The Balaban J connectivity index is 2.11. The second-order valence-electron chi connectivity index (χ2n) is 5.62. The van der Waals surface area contributed by atoms with E-state index in [2.05, 4.69) is 10.3 Å². The summed E-state index contributed by atoms with van der Waals surface area (Å²) in [4.78, 5) is 18.4. The third-order valence-corrected chi connectivity index (χ3v) is 3.79. The molecule has 1 aromatic heterocycles. The van der Waals surface area contributed by atoms with Gasteiger partial charge in [0.1, 0.15) is 5.75 Å². The minimum atomic E-state index is -0.184. The van der Waals surface area contributed by atoms with E-state index < -0.39 is 0 Å². The molecule has 0 unspecified atom stereocenters. The maximum Gasteiger partial charge on any atom is 0.276 e. The van der Waals surface area contributed by atoms with Crippen LogP contribution < -0.4 is 5.32 Å². The van der Waals surface area contributed by atoms with Gasteiger partial charge in [-0.05, 0) is 57.8 Å². The summed E-state index contributed by atoms with van der Waals surface area (Å²) in [6, 6.07) is 3.22. The number of aromatic hydroxyl groups is 1. The molecule has 0 atom stereocenters. The maximum absolute atomic E-state index is 12.6. The Labute approximate surface area is 120 Å². The first-order valence-corrected chi connectivity index (χ1v) is 7.25. The van der Waals surface area contributed by atoms with Crippen LogP contribution in [0.4, 0.5) is 0 Å². The molecule has 0 aliphatic carbocycles. The highest BCUT2D eigenvalue weighted by Gasteiger charge is 2.26. The predicted octanol–water partition coefficient (Wildman–Crippen LogP) is 1.64. The molecule has 1 aliphatic rings. The molecule has 0 aromatic carbocycles. The van der Waals surface area contributed by atoms with Gasteiger partial charge in [-0.2, -0.15) is 0 Å². The molecule has 0 radical (unpaired) electrons. The number of hydrogen-bond donors (Lipinski definition) is 2. The van der Waals surface area contributed by atoms with Crippen molar-refractivity contribution in [2.24, 2.45) is 5.92 Å². The van der Waals surface area contributed by atoms with Gasteiger partial charge >= 0.3 is 0 Å². The monoisotopic (exact) mass is 277 g/mol. The van der Waals surface area contributed by atoms with Crippen molar-refractivity contribution in [3.63, 3.8) is 0 Å². The first kappa shape index (κ1) is 14.8. The number of carbonyl (C=O) groups is 1. The van der Waals surface area contributed by atoms with Crippen LogP contribution in [0.1, 0.15) is 37.2 Å². The first-order valence-electron chi connectivity index (χ1n) is 7.25. The van der Waals surface area contributed by atoms with Crippen LogP contribution in [0.2, 0.25) is 0 Å². The second kappa shape index (κ2) is 6.70. The normalized spacial score (nSPS) is 16.4. The van der Waals surface area contributed by atoms with Crippen LogP contribution in [0.5, 0.6) is 5.75 Å². The number of piperidine rings is 1. The zero-order chi connectivity index (χ0) is 14.5. The molecule has 0 saturated carbocycles. The van der Waals surface area contributed by atoms with Crippen molar-refractivity contribution in [2.45, 2.75) is 32.7 Å². The average Bonchev–Trinajstić information content (AvgIpc) is 2.45. The Morgan fingerprint density at radius 1 is 1.50 bits per heavy atom. The van der Waals surface area contributed by atoms with E-state index in [4.69, 9.17) is 0 Å². The molecule has 0 bridgehead atoms. The molecule has 20 heavy (non-hydrogen) atoms. The van der Waals surface area contributed by atoms with Crippen LogP contribution >= 0.6 is 0 Å². The molecule has 5 heteroatoms. The minimum Gasteiger partial charge on any atom is -0.505 e. The predicted molar refractivity (Wildman–Crippen MR) is 77.7 cm³/mol. The standard InChI is InChI=1S/C15H23N3O2/c1-11(2)18(10-12-5-8-16-9-6-12)15(20)14-13(19)4-3-7-17-14/h3-4,7,11-12,16,19H,5-6,8-10H2,1-2H3. The molecule has 1 amide bonds. The second-order valence-corrected chi connectivity index (χ2v) is 5.62. The average molecular weight is 277 g/mol. The molecule has 2 heterocycles. The van der Waals surface area contributed by atoms with Gasteiger partial charge in [-0.1, -0.05) is 0 Å². The molecule has 110 valence electrons. The Hall–Kier alpha value is -1.62. The molecule has 2 N–H and O–H groups in total. The summed E-state index contributed by atoms with van der Waals surface area (Å²) in [6.07, 6.45) is 3.71. The van der Waals surface area contributed by atoms with Crippen molar-refractivity contribution in [2.75, 3.05) is 19.6 Å². The van der Waals surface area contributed by atoms with Gasteiger partial charge in [-0.15, -0.1) is 0 Å². The van der Waals surface area contributed by atoms with Crippen LogP contribution in [-0.4, -0.2) is 46.6 Å². The van der Waals surface area contributed by atoms with Crippen LogP contribution in [0, 0.1) is 5.92 Å². The van der Waals surface area contributed by atoms with E-state index in [0.29, 0.717) is 5.92 Å². The maximum atomic E-state index is 12.6. The topological polar surface area (TPSA) is 65.5 Å². The van der Waals surface area contributed by atoms with E-state index in [0.717, 1.165) is 32.5 Å². The highest BCUT2D eigenvalue weighted by Crippen LogP contribution is 2.20. The van der Waals surface area contributed by atoms with Gasteiger partial charge in [0.2, 0.25) is 0 Å². The van der Waals surface area contributed by atoms with Crippen molar-refractivity contribution in [1.29, 1.82) is 0 Å². The van der Waals surface area contributed by atoms with Crippen molar-refractivity contribution in [3.05, 3.63) is 24.0 Å². The smallest absolute Gasteiger partial charge is 0.276 e. The summed E-state index contributed by atoms with van der Waals surface area (Å²) in [5.41, 5.74) is 0.148. The zero-order valence-electron chi connectivity index (χ0n) is 12.2. The Bertz CT molecular complexity index is 456. The number of aromatic nitrogens is 1. The molecule has 2 rings (SSSR count). The number of hydrogen-bond acceptors (Lipinski definition) is 4. The number of nitrogens with one attached hydrogen (secondary N) is 1. The Kier molecular flexibility index (Phi) is 4.95. The quantitative estimate of drug-likeness (QED) is 0.878. The van der Waals surface area contributed by atoms with Gasteiger partial charge in [0.05, 0.1) is 0 Å². The fourth-order valence-corrected chi connectivity index (χ4v) is 2.57. The molecular formula is C15H23N3O2. The number of nitrogens with zero attached hydrogens (tertiary/aromatic N) is 2. The van der Waals surface area contributed by atoms with Crippen molar-refractivity contribution in [1.82, 2.24) is 15.2 Å². The van der Waals surface area contributed by atoms with Gasteiger partial charge < -0.3 is 15.3 Å². The highest BCUT2D eigenvalue weighted by atomic mass is 16.3. The zero-order valence-corrected chi connectivity index (χ0v) is 12.2. The molecule has 1 saturated heterocycles. The molecule has 5 nitrogen and oxygen atoms in total. The number of carbonyl (C=O) groups excluding carboxylic acids is 1. The van der Waals surface area contributed by atoms with E-state index in [9.17, 15) is 9.90 Å². The Morgan fingerprint density at radius 3 is 2.80 bits per heavy atom. The summed E-state index contributed by atoms with van der Waals surface area (Å²) < 4.78 is 0. The van der Waals surface area contributed by atoms with Gasteiger partial charge in [0.25, 0.3) is 5.91 Å². The van der Waals surface area contributed by atoms with Crippen LogP contribution in [-0.2, 0) is 0 Å². The lowest BCUT2D eigenvalue weighted by Gasteiger charge is -2.32. The van der Waals surface area contributed by atoms with Crippen molar-refractivity contribution < 1.29 is 9.90 Å². The Morgan fingerprint density at radius 2 is 2.20 bits per heavy atom. The van der Waals surface area contributed by atoms with Gasteiger partial charge in [0, 0.05) is 18.8 Å². The van der Waals surface area contributed by atoms with Gasteiger partial charge in [-0.25, -0.2) is 4.98 Å². The van der Waals surface area contributed by atoms with Crippen LogP contribution in [0.15, 0.2) is 18.3 Å². The van der Waals surface area contributed by atoms with Crippen LogP contribution in [0.25, 0.3) is 0 Å². The highest BCUT2D eigenvalue weighted by molar-refractivity contribution is 5.94. The van der Waals surface area contributed by atoms with Gasteiger partial charge in [-0.3, -0.25) is 4.79 Å². The summed E-state index contributed by atoms with van der Waals surface area (Å²) in [7, 11) is 0. The fourth-order valence-electron chi connectivity index (χ4n) is 2.57. The summed E-state index contributed by atoms with van der Waals surface area (Å²) in [6.45, 7) is 6.76. The van der Waals surface area contributed by atoms with Crippen molar-refractivity contribution in [3.8, 4) is 5.75 Å². The first-order chi connectivity index (χ1) is 9.59. The van der Waals surface area contributed by atoms with E-state index in [1.807, 2.05) is 18.7 Å². The molecule has 1 fully saturated rings. The lowest BCUT2D eigenvalue weighted by Crippen LogP contribution is -2.43. The summed E-state index contributed by atoms with van der Waals surface area (Å²) >= 11 is 0. The van der Waals surface area contributed by atoms with E-state index >= 15 is 0 Å². The lowest BCUT2D eigenvalue weighted by molar-refractivity contribution is 0.0648. The number of rotatable bonds is 4. The molecule has 1 aromatic rings.